The predicted octanol–water partition coefficient (Wildman–Crippen LogP) is 1.81. The first-order valence-corrected chi connectivity index (χ1v) is 5.25. The zero-order valence-corrected chi connectivity index (χ0v) is 10.3. The van der Waals surface area contributed by atoms with Crippen LogP contribution in [0.3, 0.4) is 0 Å². The number of hydrogen-bond donors (Lipinski definition) is 2. The smallest absolute Gasteiger partial charge is 0.239 e. The second-order valence-corrected chi connectivity index (χ2v) is 3.74. The maximum absolute atomic E-state index is 11.1. The van der Waals surface area contributed by atoms with Crippen LogP contribution in [0.1, 0.15) is 5.56 Å². The van der Waals surface area contributed by atoms with Crippen molar-refractivity contribution < 1.29 is 9.53 Å². The van der Waals surface area contributed by atoms with E-state index in [1.165, 1.54) is 0 Å². The maximum Gasteiger partial charge on any atom is 0.239 e. The predicted molar refractivity (Wildman–Crippen MR) is 65.3 cm³/mol. The Morgan fingerprint density at radius 3 is 2.75 bits per heavy atom. The summed E-state index contributed by atoms with van der Waals surface area (Å²) in [6, 6.07) is 3.58. The van der Waals surface area contributed by atoms with Gasteiger partial charge in [-0.15, -0.1) is 0 Å². The average molecular weight is 243 g/mol. The Bertz CT molecular complexity index is 394. The summed E-state index contributed by atoms with van der Waals surface area (Å²) in [5, 5.41) is 6.16. The minimum atomic E-state index is -0.0883. The summed E-state index contributed by atoms with van der Waals surface area (Å²) in [4.78, 5) is 11.1. The van der Waals surface area contributed by atoms with Crippen molar-refractivity contribution in [2.24, 2.45) is 0 Å². The fourth-order valence-corrected chi connectivity index (χ4v) is 1.39. The molecule has 4 nitrogen and oxygen atoms in total. The molecular weight excluding hydrogens is 228 g/mol. The number of rotatable bonds is 4. The zero-order valence-electron chi connectivity index (χ0n) is 9.56. The average Bonchev–Trinajstić information content (AvgIpc) is 2.29. The number of benzene rings is 1. The second kappa shape index (κ2) is 5.61. The van der Waals surface area contributed by atoms with Crippen LogP contribution in [0.25, 0.3) is 0 Å². The summed E-state index contributed by atoms with van der Waals surface area (Å²) >= 11 is 5.97. The van der Waals surface area contributed by atoms with Crippen molar-refractivity contribution in [3.8, 4) is 5.75 Å². The van der Waals surface area contributed by atoms with Crippen molar-refractivity contribution in [3.05, 3.63) is 22.7 Å². The first-order chi connectivity index (χ1) is 7.58. The van der Waals surface area contributed by atoms with Gasteiger partial charge in [0.25, 0.3) is 0 Å². The number of anilines is 1. The van der Waals surface area contributed by atoms with Gasteiger partial charge in [-0.2, -0.15) is 0 Å². The number of carbonyl (C=O) groups is 1. The number of halogens is 1. The molecule has 1 amide bonds. The van der Waals surface area contributed by atoms with Gasteiger partial charge in [0.1, 0.15) is 5.75 Å². The van der Waals surface area contributed by atoms with Crippen LogP contribution in [-0.2, 0) is 4.79 Å². The molecular formula is C11H15ClN2O2. The number of nitrogens with one attached hydrogen (secondary N) is 2. The minimum Gasteiger partial charge on any atom is -0.495 e. The van der Waals surface area contributed by atoms with Crippen LogP contribution < -0.4 is 15.4 Å². The number of likely N-dealkylation sites (N-methyl/N-ethyl adjacent to an activating group) is 1. The van der Waals surface area contributed by atoms with E-state index in [0.717, 1.165) is 11.3 Å². The van der Waals surface area contributed by atoms with E-state index in [2.05, 4.69) is 10.6 Å². The van der Waals surface area contributed by atoms with Crippen molar-refractivity contribution in [2.45, 2.75) is 6.92 Å². The highest BCUT2D eigenvalue weighted by Crippen LogP contribution is 2.30. The first-order valence-electron chi connectivity index (χ1n) is 4.87. The highest BCUT2D eigenvalue weighted by Gasteiger charge is 2.07. The molecule has 0 saturated heterocycles. The van der Waals surface area contributed by atoms with Crippen LogP contribution in [0, 0.1) is 6.92 Å². The Hall–Kier alpha value is -1.42. The van der Waals surface area contributed by atoms with Crippen molar-refractivity contribution in [1.82, 2.24) is 5.32 Å². The molecule has 0 spiro atoms. The molecule has 1 aromatic rings. The Kier molecular flexibility index (Phi) is 4.43. The number of amides is 1. The van der Waals surface area contributed by atoms with Crippen LogP contribution in [0.5, 0.6) is 5.75 Å². The van der Waals surface area contributed by atoms with Crippen LogP contribution in [-0.4, -0.2) is 26.6 Å². The first kappa shape index (κ1) is 12.6. The van der Waals surface area contributed by atoms with Crippen molar-refractivity contribution in [2.75, 3.05) is 26.0 Å². The largest absolute Gasteiger partial charge is 0.495 e. The molecule has 2 N–H and O–H groups in total. The van der Waals surface area contributed by atoms with E-state index in [4.69, 9.17) is 16.3 Å². The van der Waals surface area contributed by atoms with Crippen LogP contribution in [0.4, 0.5) is 5.69 Å². The van der Waals surface area contributed by atoms with Gasteiger partial charge in [-0.05, 0) is 18.6 Å². The highest BCUT2D eigenvalue weighted by atomic mass is 35.5. The Morgan fingerprint density at radius 2 is 2.19 bits per heavy atom. The van der Waals surface area contributed by atoms with Crippen LogP contribution >= 0.6 is 11.6 Å². The van der Waals surface area contributed by atoms with Gasteiger partial charge in [-0.1, -0.05) is 11.6 Å². The minimum absolute atomic E-state index is 0.0883. The molecule has 0 saturated carbocycles. The van der Waals surface area contributed by atoms with Gasteiger partial charge in [0.15, 0.2) is 0 Å². The topological polar surface area (TPSA) is 50.4 Å². The highest BCUT2D eigenvalue weighted by molar-refractivity contribution is 6.31. The van der Waals surface area contributed by atoms with Crippen molar-refractivity contribution in [1.29, 1.82) is 0 Å². The molecule has 0 unspecified atom stereocenters. The monoisotopic (exact) mass is 242 g/mol. The van der Waals surface area contributed by atoms with Crippen molar-refractivity contribution >= 4 is 23.2 Å². The third-order valence-electron chi connectivity index (χ3n) is 2.20. The zero-order chi connectivity index (χ0) is 12.1. The lowest BCUT2D eigenvalue weighted by atomic mass is 10.2. The molecule has 0 aliphatic rings. The molecule has 1 rings (SSSR count). The molecule has 0 aliphatic carbocycles. The van der Waals surface area contributed by atoms with E-state index in [0.29, 0.717) is 10.8 Å². The van der Waals surface area contributed by atoms with Gasteiger partial charge in [0, 0.05) is 18.1 Å². The Morgan fingerprint density at radius 1 is 1.50 bits per heavy atom. The number of hydrogen-bond acceptors (Lipinski definition) is 3. The maximum atomic E-state index is 11.1. The molecule has 88 valence electrons. The van der Waals surface area contributed by atoms with Gasteiger partial charge >= 0.3 is 0 Å². The summed E-state index contributed by atoms with van der Waals surface area (Å²) < 4.78 is 5.17. The van der Waals surface area contributed by atoms with Gasteiger partial charge in [-0.3, -0.25) is 4.79 Å². The molecule has 1 aromatic carbocycles. The summed E-state index contributed by atoms with van der Waals surface area (Å²) in [6.45, 7) is 2.10. The summed E-state index contributed by atoms with van der Waals surface area (Å²) in [6.07, 6.45) is 0. The van der Waals surface area contributed by atoms with Gasteiger partial charge in [0.05, 0.1) is 19.3 Å². The van der Waals surface area contributed by atoms with Crippen molar-refractivity contribution in [3.63, 3.8) is 0 Å². The van der Waals surface area contributed by atoms with E-state index in [-0.39, 0.29) is 12.5 Å². The number of ether oxygens (including phenoxy) is 1. The Balaban J connectivity index is 2.86. The number of aryl methyl sites for hydroxylation is 1. The lowest BCUT2D eigenvalue weighted by Crippen LogP contribution is -2.26. The standard InChI is InChI=1S/C11H15ClN2O2/c1-7-4-9(14-6-11(15)13-2)10(16-3)5-8(7)12/h4-5,14H,6H2,1-3H3,(H,13,15). The van der Waals surface area contributed by atoms with E-state index in [9.17, 15) is 4.79 Å². The van der Waals surface area contributed by atoms with E-state index < -0.39 is 0 Å². The van der Waals surface area contributed by atoms with Gasteiger partial charge in [0.2, 0.25) is 5.91 Å². The Labute approximate surface area is 99.9 Å². The SMILES string of the molecule is CNC(=O)CNc1cc(C)c(Cl)cc1OC. The molecule has 5 heteroatoms. The fraction of sp³-hybridized carbons (Fsp3) is 0.364. The van der Waals surface area contributed by atoms with Gasteiger partial charge in [-0.25, -0.2) is 0 Å². The molecule has 0 aliphatic heterocycles. The lowest BCUT2D eigenvalue weighted by Gasteiger charge is -2.12. The second-order valence-electron chi connectivity index (χ2n) is 3.33. The van der Waals surface area contributed by atoms with Crippen LogP contribution in [0.2, 0.25) is 5.02 Å². The molecule has 0 aromatic heterocycles. The fourth-order valence-electron chi connectivity index (χ4n) is 1.23. The quantitative estimate of drug-likeness (QED) is 0.847. The summed E-state index contributed by atoms with van der Waals surface area (Å²) in [5.74, 6) is 0.536. The molecule has 16 heavy (non-hydrogen) atoms. The number of carbonyl (C=O) groups excluding carboxylic acids is 1. The third-order valence-corrected chi connectivity index (χ3v) is 2.61. The molecule has 0 radical (unpaired) electrons. The summed E-state index contributed by atoms with van der Waals surface area (Å²) in [7, 11) is 3.15. The third kappa shape index (κ3) is 3.03. The molecule has 0 fully saturated rings. The molecule has 0 bridgehead atoms. The van der Waals surface area contributed by atoms with E-state index in [1.807, 2.05) is 13.0 Å². The van der Waals surface area contributed by atoms with Crippen LogP contribution in [0.15, 0.2) is 12.1 Å². The van der Waals surface area contributed by atoms with E-state index in [1.54, 1.807) is 20.2 Å². The molecule has 0 atom stereocenters. The van der Waals surface area contributed by atoms with Gasteiger partial charge < -0.3 is 15.4 Å². The molecule has 0 heterocycles. The number of methoxy groups -OCH3 is 1. The lowest BCUT2D eigenvalue weighted by molar-refractivity contribution is -0.118. The summed E-state index contributed by atoms with van der Waals surface area (Å²) in [5.41, 5.74) is 1.69. The normalized spacial score (nSPS) is 9.75. The van der Waals surface area contributed by atoms with E-state index >= 15 is 0 Å².